The zero-order valence-electron chi connectivity index (χ0n) is 13.6. The molecule has 24 heavy (non-hydrogen) atoms. The summed E-state index contributed by atoms with van der Waals surface area (Å²) in [5.41, 5.74) is 1.40. The first-order valence-electron chi connectivity index (χ1n) is 7.37. The second kappa shape index (κ2) is 6.88. The van der Waals surface area contributed by atoms with E-state index in [1.54, 1.807) is 27.4 Å². The topological polar surface area (TPSA) is 54.0 Å². The van der Waals surface area contributed by atoms with Crippen molar-refractivity contribution in [2.45, 2.75) is 12.5 Å². The molecule has 3 rings (SSSR count). The Morgan fingerprint density at radius 2 is 1.79 bits per heavy atom. The van der Waals surface area contributed by atoms with Crippen LogP contribution >= 0.6 is 22.6 Å². The molecule has 0 aromatic heterocycles. The van der Waals surface area contributed by atoms with Crippen LogP contribution in [0.2, 0.25) is 0 Å². The van der Waals surface area contributed by atoms with Gasteiger partial charge in [-0.2, -0.15) is 0 Å². The first-order chi connectivity index (χ1) is 11.6. The van der Waals surface area contributed by atoms with Crippen LogP contribution in [-0.4, -0.2) is 27.1 Å². The van der Waals surface area contributed by atoms with Gasteiger partial charge in [0.2, 0.25) is 0 Å². The fourth-order valence-electron chi connectivity index (χ4n) is 2.76. The van der Waals surface area contributed by atoms with Gasteiger partial charge in [-0.1, -0.05) is 12.1 Å². The molecule has 0 N–H and O–H groups in total. The van der Waals surface area contributed by atoms with Crippen molar-refractivity contribution in [2.24, 2.45) is 0 Å². The highest BCUT2D eigenvalue weighted by atomic mass is 127. The Bertz CT molecular complexity index is 770. The number of hydrogen-bond donors (Lipinski definition) is 0. The Kier molecular flexibility index (Phi) is 4.84. The molecule has 0 saturated carbocycles. The van der Waals surface area contributed by atoms with E-state index in [1.807, 2.05) is 24.3 Å². The minimum absolute atomic E-state index is 0.00510. The number of rotatable bonds is 4. The van der Waals surface area contributed by atoms with Crippen LogP contribution in [0.15, 0.2) is 30.3 Å². The van der Waals surface area contributed by atoms with Crippen molar-refractivity contribution in [3.63, 3.8) is 0 Å². The van der Waals surface area contributed by atoms with Crippen LogP contribution in [0.1, 0.15) is 28.4 Å². The molecule has 2 aromatic rings. The van der Waals surface area contributed by atoms with Crippen LogP contribution in [0.5, 0.6) is 23.0 Å². The summed E-state index contributed by atoms with van der Waals surface area (Å²) in [6, 6.07) is 9.26. The average molecular weight is 440 g/mol. The van der Waals surface area contributed by atoms with E-state index in [4.69, 9.17) is 18.9 Å². The van der Waals surface area contributed by atoms with Gasteiger partial charge in [0.1, 0.15) is 28.9 Å². The van der Waals surface area contributed by atoms with E-state index in [-0.39, 0.29) is 18.3 Å². The van der Waals surface area contributed by atoms with Gasteiger partial charge in [-0.15, -0.1) is 0 Å². The molecular weight excluding hydrogens is 423 g/mol. The maximum Gasteiger partial charge on any atom is 0.174 e. The molecule has 1 aliphatic heterocycles. The van der Waals surface area contributed by atoms with Crippen LogP contribution in [0.25, 0.3) is 0 Å². The van der Waals surface area contributed by atoms with E-state index in [1.165, 1.54) is 0 Å². The second-order valence-electron chi connectivity index (χ2n) is 5.31. The molecule has 1 unspecified atom stereocenters. The molecule has 0 radical (unpaired) electrons. The lowest BCUT2D eigenvalue weighted by Crippen LogP contribution is -2.21. The largest absolute Gasteiger partial charge is 0.497 e. The van der Waals surface area contributed by atoms with Crippen LogP contribution < -0.4 is 18.9 Å². The van der Waals surface area contributed by atoms with Crippen molar-refractivity contribution in [3.05, 3.63) is 45.0 Å². The fourth-order valence-corrected chi connectivity index (χ4v) is 3.62. The maximum atomic E-state index is 12.7. The summed E-state index contributed by atoms with van der Waals surface area (Å²) in [5, 5.41) is 0. The Labute approximate surface area is 154 Å². The van der Waals surface area contributed by atoms with Gasteiger partial charge in [0.25, 0.3) is 0 Å². The minimum Gasteiger partial charge on any atom is -0.497 e. The van der Waals surface area contributed by atoms with E-state index in [2.05, 4.69) is 22.6 Å². The Hall–Kier alpha value is -1.96. The number of fused-ring (bicyclic) bond motifs is 1. The Morgan fingerprint density at radius 1 is 1.08 bits per heavy atom. The predicted molar refractivity (Wildman–Crippen MR) is 97.6 cm³/mol. The normalized spacial score (nSPS) is 16.2. The summed E-state index contributed by atoms with van der Waals surface area (Å²) in [5.74, 6) is 2.37. The minimum atomic E-state index is -0.342. The highest BCUT2D eigenvalue weighted by molar-refractivity contribution is 14.1. The van der Waals surface area contributed by atoms with Crippen molar-refractivity contribution in [1.29, 1.82) is 0 Å². The van der Waals surface area contributed by atoms with Gasteiger partial charge in [0.15, 0.2) is 11.5 Å². The van der Waals surface area contributed by atoms with E-state index < -0.39 is 0 Å². The number of carbonyl (C=O) groups excluding carboxylic acids is 1. The highest BCUT2D eigenvalue weighted by Gasteiger charge is 2.33. The second-order valence-corrected chi connectivity index (χ2v) is 6.38. The number of ether oxygens (including phenoxy) is 4. The zero-order valence-corrected chi connectivity index (χ0v) is 15.7. The summed E-state index contributed by atoms with van der Waals surface area (Å²) in [6.07, 6.45) is -0.0802. The Balaban J connectivity index is 2.01. The van der Waals surface area contributed by atoms with Crippen molar-refractivity contribution >= 4 is 28.4 Å². The van der Waals surface area contributed by atoms with Gasteiger partial charge in [0, 0.05) is 6.07 Å². The molecular formula is C18H17IO5. The smallest absolute Gasteiger partial charge is 0.174 e. The number of Topliss-reactive ketones (excluding diaryl/α,β-unsaturated/α-hetero) is 1. The van der Waals surface area contributed by atoms with E-state index in [0.717, 1.165) is 14.9 Å². The van der Waals surface area contributed by atoms with Crippen LogP contribution in [0.4, 0.5) is 0 Å². The zero-order chi connectivity index (χ0) is 17.3. The molecule has 1 heterocycles. The molecule has 2 aromatic carbocycles. The predicted octanol–water partition coefficient (Wildman–Crippen LogP) is 4.02. The standard InChI is InChI=1S/C18H17IO5/c1-21-11-6-4-10(5-7-11)13-8-12(20)16-14(24-13)9-15(22-2)17(19)18(16)23-3/h4-7,9,13H,8H2,1-3H3. The molecule has 0 saturated heterocycles. The molecule has 0 fully saturated rings. The third kappa shape index (κ3) is 2.90. The van der Waals surface area contributed by atoms with Crippen molar-refractivity contribution in [1.82, 2.24) is 0 Å². The summed E-state index contributed by atoms with van der Waals surface area (Å²) in [7, 11) is 4.74. The number of benzene rings is 2. The monoisotopic (exact) mass is 440 g/mol. The number of methoxy groups -OCH3 is 3. The number of halogens is 1. The van der Waals surface area contributed by atoms with Crippen LogP contribution in [0, 0.1) is 3.57 Å². The highest BCUT2D eigenvalue weighted by Crippen LogP contribution is 2.45. The van der Waals surface area contributed by atoms with Crippen molar-refractivity contribution in [2.75, 3.05) is 21.3 Å². The number of hydrogen-bond acceptors (Lipinski definition) is 5. The van der Waals surface area contributed by atoms with E-state index >= 15 is 0 Å². The summed E-state index contributed by atoms with van der Waals surface area (Å²) in [6.45, 7) is 0. The lowest BCUT2D eigenvalue weighted by atomic mass is 9.95. The third-order valence-electron chi connectivity index (χ3n) is 3.98. The molecule has 1 aliphatic rings. The number of ketones is 1. The van der Waals surface area contributed by atoms with Crippen LogP contribution in [-0.2, 0) is 0 Å². The lowest BCUT2D eigenvalue weighted by Gasteiger charge is -2.27. The quantitative estimate of drug-likeness (QED) is 0.673. The molecule has 0 amide bonds. The van der Waals surface area contributed by atoms with Crippen LogP contribution in [0.3, 0.4) is 0 Å². The summed E-state index contributed by atoms with van der Waals surface area (Å²) >= 11 is 2.11. The molecule has 1 atom stereocenters. The first-order valence-corrected chi connectivity index (χ1v) is 8.45. The molecule has 0 bridgehead atoms. The lowest BCUT2D eigenvalue weighted by molar-refractivity contribution is 0.0843. The molecule has 0 aliphatic carbocycles. The maximum absolute atomic E-state index is 12.7. The SMILES string of the molecule is COc1ccc(C2CC(=O)c3c(cc(OC)c(I)c3OC)O2)cc1. The third-order valence-corrected chi connectivity index (χ3v) is 5.00. The van der Waals surface area contributed by atoms with Crippen molar-refractivity contribution < 1.29 is 23.7 Å². The van der Waals surface area contributed by atoms with E-state index in [0.29, 0.717) is 22.8 Å². The summed E-state index contributed by atoms with van der Waals surface area (Å²) in [4.78, 5) is 12.7. The molecule has 5 nitrogen and oxygen atoms in total. The van der Waals surface area contributed by atoms with Gasteiger partial charge in [-0.05, 0) is 40.3 Å². The Morgan fingerprint density at radius 3 is 2.38 bits per heavy atom. The van der Waals surface area contributed by atoms with Gasteiger partial charge in [0.05, 0.1) is 31.3 Å². The summed E-state index contributed by atoms with van der Waals surface area (Å²) < 4.78 is 22.8. The molecule has 6 heteroatoms. The first kappa shape index (κ1) is 16.9. The fraction of sp³-hybridized carbons (Fsp3) is 0.278. The van der Waals surface area contributed by atoms with Gasteiger partial charge in [-0.25, -0.2) is 0 Å². The van der Waals surface area contributed by atoms with Gasteiger partial charge < -0.3 is 18.9 Å². The van der Waals surface area contributed by atoms with Gasteiger partial charge >= 0.3 is 0 Å². The molecule has 126 valence electrons. The molecule has 0 spiro atoms. The van der Waals surface area contributed by atoms with Crippen molar-refractivity contribution in [3.8, 4) is 23.0 Å². The van der Waals surface area contributed by atoms with Gasteiger partial charge in [-0.3, -0.25) is 4.79 Å². The van der Waals surface area contributed by atoms with E-state index in [9.17, 15) is 4.79 Å². The average Bonchev–Trinajstić information content (AvgIpc) is 2.61. The number of carbonyl (C=O) groups is 1.